The van der Waals surface area contributed by atoms with Gasteiger partial charge in [0, 0.05) is 18.3 Å². The number of phenols is 1. The second kappa shape index (κ2) is 4.18. The highest BCUT2D eigenvalue weighted by atomic mass is 16.4. The van der Waals surface area contributed by atoms with Crippen LogP contribution in [-0.4, -0.2) is 26.0 Å². The number of aromatic nitrogens is 2. The van der Waals surface area contributed by atoms with Crippen LogP contribution >= 0.6 is 0 Å². The van der Waals surface area contributed by atoms with Gasteiger partial charge in [-0.05, 0) is 31.5 Å². The van der Waals surface area contributed by atoms with E-state index in [1.165, 1.54) is 12.1 Å². The van der Waals surface area contributed by atoms with Crippen molar-refractivity contribution in [2.75, 3.05) is 0 Å². The number of hydrogen-bond donors (Lipinski definition) is 2. The molecule has 5 nitrogen and oxygen atoms in total. The van der Waals surface area contributed by atoms with E-state index >= 15 is 0 Å². The van der Waals surface area contributed by atoms with Gasteiger partial charge in [0.2, 0.25) is 0 Å². The molecule has 0 amide bonds. The first-order valence-corrected chi connectivity index (χ1v) is 5.48. The normalized spacial score (nSPS) is 10.6. The molecular weight excluding hydrogens is 232 g/mol. The number of nitrogens with zero attached hydrogens (tertiary/aromatic N) is 2. The zero-order chi connectivity index (χ0) is 13.4. The summed E-state index contributed by atoms with van der Waals surface area (Å²) < 4.78 is 1.75. The minimum atomic E-state index is -1.14. The number of carboxylic acid groups (broad SMARTS) is 1. The first kappa shape index (κ1) is 12.2. The molecule has 0 aliphatic heterocycles. The SMILES string of the molecule is Cc1nn(C)c(C)c1-c1ccc(O)c(C(=O)O)c1. The molecule has 0 aliphatic carbocycles. The summed E-state index contributed by atoms with van der Waals surface area (Å²) in [5, 5.41) is 22.8. The highest BCUT2D eigenvalue weighted by Crippen LogP contribution is 2.30. The largest absolute Gasteiger partial charge is 0.507 e. The van der Waals surface area contributed by atoms with E-state index in [9.17, 15) is 9.90 Å². The van der Waals surface area contributed by atoms with Gasteiger partial charge in [0.1, 0.15) is 11.3 Å². The second-order valence-corrected chi connectivity index (χ2v) is 4.21. The van der Waals surface area contributed by atoms with E-state index < -0.39 is 5.97 Å². The Morgan fingerprint density at radius 1 is 1.33 bits per heavy atom. The molecule has 1 aromatic carbocycles. The molecule has 2 aromatic rings. The smallest absolute Gasteiger partial charge is 0.339 e. The summed E-state index contributed by atoms with van der Waals surface area (Å²) in [6.07, 6.45) is 0. The molecule has 5 heteroatoms. The predicted molar refractivity (Wildman–Crippen MR) is 66.7 cm³/mol. The fourth-order valence-corrected chi connectivity index (χ4v) is 2.05. The number of rotatable bonds is 2. The number of carboxylic acids is 1. The first-order valence-electron chi connectivity index (χ1n) is 5.48. The van der Waals surface area contributed by atoms with Crippen molar-refractivity contribution in [2.45, 2.75) is 13.8 Å². The molecule has 0 saturated heterocycles. The van der Waals surface area contributed by atoms with Crippen molar-refractivity contribution in [1.29, 1.82) is 0 Å². The first-order chi connectivity index (χ1) is 8.41. The number of benzene rings is 1. The van der Waals surface area contributed by atoms with Crippen LogP contribution in [0.15, 0.2) is 18.2 Å². The Balaban J connectivity index is 2.65. The van der Waals surface area contributed by atoms with Crippen molar-refractivity contribution < 1.29 is 15.0 Å². The fourth-order valence-electron chi connectivity index (χ4n) is 2.05. The average Bonchev–Trinajstić information content (AvgIpc) is 2.54. The Kier molecular flexibility index (Phi) is 2.82. The molecule has 94 valence electrons. The summed E-state index contributed by atoms with van der Waals surface area (Å²) in [7, 11) is 1.84. The summed E-state index contributed by atoms with van der Waals surface area (Å²) in [6.45, 7) is 3.79. The standard InChI is InChI=1S/C13H14N2O3/c1-7-12(8(2)15(3)14-7)9-4-5-11(16)10(6-9)13(17)18/h4-6,16H,1-3H3,(H,17,18). The van der Waals surface area contributed by atoms with E-state index in [-0.39, 0.29) is 11.3 Å². The third-order valence-electron chi connectivity index (χ3n) is 3.02. The maximum Gasteiger partial charge on any atom is 0.339 e. The highest BCUT2D eigenvalue weighted by Gasteiger charge is 2.15. The predicted octanol–water partition coefficient (Wildman–Crippen LogP) is 2.11. The number of hydrogen-bond acceptors (Lipinski definition) is 3. The zero-order valence-corrected chi connectivity index (χ0v) is 10.4. The van der Waals surface area contributed by atoms with E-state index in [1.54, 1.807) is 10.7 Å². The molecular formula is C13H14N2O3. The Bertz CT molecular complexity index is 629. The molecule has 1 aromatic heterocycles. The van der Waals surface area contributed by atoms with Crippen LogP contribution in [-0.2, 0) is 7.05 Å². The molecule has 0 unspecified atom stereocenters. The van der Waals surface area contributed by atoms with Crippen molar-refractivity contribution in [3.05, 3.63) is 35.2 Å². The maximum absolute atomic E-state index is 11.0. The minimum Gasteiger partial charge on any atom is -0.507 e. The van der Waals surface area contributed by atoms with Crippen molar-refractivity contribution >= 4 is 5.97 Å². The quantitative estimate of drug-likeness (QED) is 0.851. The molecule has 0 atom stereocenters. The molecule has 1 heterocycles. The monoisotopic (exact) mass is 246 g/mol. The Morgan fingerprint density at radius 3 is 2.50 bits per heavy atom. The van der Waals surface area contributed by atoms with Crippen LogP contribution in [0.3, 0.4) is 0 Å². The topological polar surface area (TPSA) is 75.3 Å². The summed E-state index contributed by atoms with van der Waals surface area (Å²) in [4.78, 5) is 11.0. The second-order valence-electron chi connectivity index (χ2n) is 4.21. The molecule has 0 fully saturated rings. The van der Waals surface area contributed by atoms with Gasteiger partial charge < -0.3 is 10.2 Å². The van der Waals surface area contributed by atoms with Crippen molar-refractivity contribution in [1.82, 2.24) is 9.78 Å². The fraction of sp³-hybridized carbons (Fsp3) is 0.231. The van der Waals surface area contributed by atoms with Crippen LogP contribution in [0.4, 0.5) is 0 Å². The molecule has 2 N–H and O–H groups in total. The van der Waals surface area contributed by atoms with Gasteiger partial charge >= 0.3 is 5.97 Å². The molecule has 0 saturated carbocycles. The Morgan fingerprint density at radius 2 is 2.00 bits per heavy atom. The summed E-state index contributed by atoms with van der Waals surface area (Å²) in [5.74, 6) is -1.38. The molecule has 0 bridgehead atoms. The number of carbonyl (C=O) groups is 1. The van der Waals surface area contributed by atoms with E-state index in [0.29, 0.717) is 0 Å². The van der Waals surface area contributed by atoms with Gasteiger partial charge in [0.15, 0.2) is 0 Å². The van der Waals surface area contributed by atoms with Crippen LogP contribution in [0.5, 0.6) is 5.75 Å². The lowest BCUT2D eigenvalue weighted by Crippen LogP contribution is -1.97. The van der Waals surface area contributed by atoms with Crippen LogP contribution in [0.2, 0.25) is 0 Å². The van der Waals surface area contributed by atoms with E-state index in [1.807, 2.05) is 20.9 Å². The van der Waals surface area contributed by atoms with Crippen molar-refractivity contribution in [3.8, 4) is 16.9 Å². The van der Waals surface area contributed by atoms with Gasteiger partial charge in [-0.2, -0.15) is 5.10 Å². The minimum absolute atomic E-state index is 0.102. The number of aromatic carboxylic acids is 1. The molecule has 0 spiro atoms. The van der Waals surface area contributed by atoms with Gasteiger partial charge in [-0.1, -0.05) is 6.07 Å². The van der Waals surface area contributed by atoms with E-state index in [4.69, 9.17) is 5.11 Å². The lowest BCUT2D eigenvalue weighted by atomic mass is 10.0. The van der Waals surface area contributed by atoms with Gasteiger partial charge in [0.05, 0.1) is 5.69 Å². The lowest BCUT2D eigenvalue weighted by molar-refractivity contribution is 0.0694. The summed E-state index contributed by atoms with van der Waals surface area (Å²) in [6, 6.07) is 4.55. The van der Waals surface area contributed by atoms with Gasteiger partial charge in [-0.15, -0.1) is 0 Å². The Labute approximate surface area is 104 Å². The van der Waals surface area contributed by atoms with Crippen LogP contribution in [0, 0.1) is 13.8 Å². The van der Waals surface area contributed by atoms with Gasteiger partial charge in [0.25, 0.3) is 0 Å². The Hall–Kier alpha value is -2.30. The van der Waals surface area contributed by atoms with Gasteiger partial charge in [-0.3, -0.25) is 4.68 Å². The third-order valence-corrected chi connectivity index (χ3v) is 3.02. The number of aryl methyl sites for hydroxylation is 2. The van der Waals surface area contributed by atoms with E-state index in [2.05, 4.69) is 5.10 Å². The zero-order valence-electron chi connectivity index (χ0n) is 10.4. The average molecular weight is 246 g/mol. The number of aromatic hydroxyl groups is 1. The van der Waals surface area contributed by atoms with Crippen LogP contribution in [0.25, 0.3) is 11.1 Å². The third kappa shape index (κ3) is 1.84. The van der Waals surface area contributed by atoms with Crippen LogP contribution < -0.4 is 0 Å². The molecule has 18 heavy (non-hydrogen) atoms. The van der Waals surface area contributed by atoms with Gasteiger partial charge in [-0.25, -0.2) is 4.79 Å². The molecule has 0 radical (unpaired) electrons. The van der Waals surface area contributed by atoms with Crippen molar-refractivity contribution in [2.24, 2.45) is 7.05 Å². The molecule has 2 rings (SSSR count). The molecule has 0 aliphatic rings. The maximum atomic E-state index is 11.0. The van der Waals surface area contributed by atoms with Crippen LogP contribution in [0.1, 0.15) is 21.7 Å². The highest BCUT2D eigenvalue weighted by molar-refractivity contribution is 5.92. The van der Waals surface area contributed by atoms with Crippen molar-refractivity contribution in [3.63, 3.8) is 0 Å². The summed E-state index contributed by atoms with van der Waals surface area (Å²) in [5.41, 5.74) is 3.33. The van der Waals surface area contributed by atoms with E-state index in [0.717, 1.165) is 22.5 Å². The summed E-state index contributed by atoms with van der Waals surface area (Å²) >= 11 is 0. The lowest BCUT2D eigenvalue weighted by Gasteiger charge is -2.05.